The summed E-state index contributed by atoms with van der Waals surface area (Å²) in [5.74, 6) is 0.547. The Morgan fingerprint density at radius 1 is 1.22 bits per heavy atom. The third-order valence-corrected chi connectivity index (χ3v) is 4.98. The van der Waals surface area contributed by atoms with Gasteiger partial charge in [0, 0.05) is 17.5 Å². The molecule has 3 N–H and O–H groups in total. The highest BCUT2D eigenvalue weighted by Gasteiger charge is 2.49. The number of nitrogens with one attached hydrogen (secondary N) is 3. The number of benzene rings is 1. The smallest absolute Gasteiger partial charge is 0.351 e. The van der Waals surface area contributed by atoms with Crippen LogP contribution in [-0.2, 0) is 4.84 Å². The molecule has 138 valence electrons. The maximum atomic E-state index is 5.92. The Labute approximate surface area is 156 Å². The van der Waals surface area contributed by atoms with Crippen LogP contribution in [0.1, 0.15) is 18.2 Å². The molecule has 0 saturated carbocycles. The maximum Gasteiger partial charge on any atom is 0.351 e. The van der Waals surface area contributed by atoms with Gasteiger partial charge in [0.05, 0.1) is 23.3 Å². The fourth-order valence-electron chi connectivity index (χ4n) is 3.38. The number of hydrogen-bond donors (Lipinski definition) is 3. The van der Waals surface area contributed by atoms with E-state index in [0.29, 0.717) is 6.73 Å². The lowest BCUT2D eigenvalue weighted by Crippen LogP contribution is -2.51. The van der Waals surface area contributed by atoms with Crippen molar-refractivity contribution in [1.82, 2.24) is 10.5 Å². The number of fused-ring (bicyclic) bond motifs is 3. The predicted molar refractivity (Wildman–Crippen MR) is 104 cm³/mol. The number of anilines is 3. The van der Waals surface area contributed by atoms with Crippen LogP contribution in [0.15, 0.2) is 46.8 Å². The van der Waals surface area contributed by atoms with Gasteiger partial charge < -0.3 is 15.4 Å². The summed E-state index contributed by atoms with van der Waals surface area (Å²) in [6, 6.07) is 8.01. The van der Waals surface area contributed by atoms with Crippen molar-refractivity contribution in [2.45, 2.75) is 26.7 Å². The molecule has 2 aromatic rings. The van der Waals surface area contributed by atoms with Crippen molar-refractivity contribution in [3.63, 3.8) is 0 Å². The fourth-order valence-corrected chi connectivity index (χ4v) is 3.38. The largest absolute Gasteiger partial charge is 0.471 e. The SMILES string of the molecule is CC1=C2NOC(Nc3cnc(C)c(C)c3)(N=C1)N2c1ccc2c(c1)NCO2. The molecule has 8 heteroatoms. The minimum Gasteiger partial charge on any atom is -0.471 e. The van der Waals surface area contributed by atoms with Crippen molar-refractivity contribution in [3.05, 3.63) is 53.1 Å². The minimum atomic E-state index is -1.13. The summed E-state index contributed by atoms with van der Waals surface area (Å²) in [4.78, 5) is 17.0. The molecule has 0 aliphatic carbocycles. The Hall–Kier alpha value is -3.26. The zero-order chi connectivity index (χ0) is 18.6. The number of allylic oxidation sites excluding steroid dienone is 1. The monoisotopic (exact) mass is 364 g/mol. The summed E-state index contributed by atoms with van der Waals surface area (Å²) in [6.07, 6.45) is 3.59. The molecule has 1 atom stereocenters. The number of aryl methyl sites for hydroxylation is 2. The molecule has 8 nitrogen and oxygen atoms in total. The first-order valence-corrected chi connectivity index (χ1v) is 8.78. The van der Waals surface area contributed by atoms with Crippen LogP contribution >= 0.6 is 0 Å². The van der Waals surface area contributed by atoms with Crippen LogP contribution in [0.25, 0.3) is 0 Å². The predicted octanol–water partition coefficient (Wildman–Crippen LogP) is 2.84. The first kappa shape index (κ1) is 16.0. The van der Waals surface area contributed by atoms with Crippen LogP contribution in [0, 0.1) is 13.8 Å². The Morgan fingerprint density at radius 2 is 2.11 bits per heavy atom. The van der Waals surface area contributed by atoms with Gasteiger partial charge in [-0.3, -0.25) is 9.88 Å². The van der Waals surface area contributed by atoms with E-state index in [2.05, 4.69) is 26.1 Å². The Morgan fingerprint density at radius 3 is 2.96 bits per heavy atom. The molecule has 1 saturated heterocycles. The van der Waals surface area contributed by atoms with E-state index in [1.54, 1.807) is 6.20 Å². The summed E-state index contributed by atoms with van der Waals surface area (Å²) in [6.45, 7) is 6.48. The Balaban J connectivity index is 1.57. The van der Waals surface area contributed by atoms with Gasteiger partial charge in [-0.05, 0) is 50.6 Å². The molecule has 1 aromatic heterocycles. The fraction of sp³-hybridized carbons (Fsp3) is 0.263. The van der Waals surface area contributed by atoms with Gasteiger partial charge in [0.1, 0.15) is 11.6 Å². The van der Waals surface area contributed by atoms with Crippen molar-refractivity contribution in [3.8, 4) is 5.75 Å². The number of nitrogens with zero attached hydrogens (tertiary/aromatic N) is 3. The summed E-state index contributed by atoms with van der Waals surface area (Å²) in [5, 5.41) is 6.61. The van der Waals surface area contributed by atoms with E-state index in [4.69, 9.17) is 9.57 Å². The van der Waals surface area contributed by atoms with Gasteiger partial charge in [-0.15, -0.1) is 0 Å². The van der Waals surface area contributed by atoms with E-state index in [9.17, 15) is 0 Å². The summed E-state index contributed by atoms with van der Waals surface area (Å²) < 4.78 is 5.53. The van der Waals surface area contributed by atoms with Crippen LogP contribution in [0.5, 0.6) is 5.75 Å². The lowest BCUT2D eigenvalue weighted by Gasteiger charge is -2.36. The van der Waals surface area contributed by atoms with E-state index in [-0.39, 0.29) is 0 Å². The van der Waals surface area contributed by atoms with Gasteiger partial charge in [-0.1, -0.05) is 0 Å². The maximum absolute atomic E-state index is 5.92. The molecule has 0 radical (unpaired) electrons. The van der Waals surface area contributed by atoms with Crippen molar-refractivity contribution in [1.29, 1.82) is 0 Å². The molecule has 4 heterocycles. The molecule has 0 amide bonds. The van der Waals surface area contributed by atoms with Crippen molar-refractivity contribution in [2.24, 2.45) is 4.99 Å². The zero-order valence-corrected chi connectivity index (χ0v) is 15.3. The number of hydrogen-bond acceptors (Lipinski definition) is 8. The first-order valence-electron chi connectivity index (χ1n) is 8.78. The van der Waals surface area contributed by atoms with Gasteiger partial charge in [0.2, 0.25) is 0 Å². The number of hydroxylamine groups is 1. The summed E-state index contributed by atoms with van der Waals surface area (Å²) >= 11 is 0. The van der Waals surface area contributed by atoms with Crippen LogP contribution in [0.4, 0.5) is 17.1 Å². The molecule has 1 aromatic carbocycles. The zero-order valence-electron chi connectivity index (χ0n) is 15.3. The lowest BCUT2D eigenvalue weighted by molar-refractivity contribution is -0.0214. The second kappa shape index (κ2) is 5.62. The van der Waals surface area contributed by atoms with E-state index in [1.807, 2.05) is 56.2 Å². The molecule has 3 aliphatic rings. The van der Waals surface area contributed by atoms with Crippen LogP contribution in [-0.4, -0.2) is 23.9 Å². The highest BCUT2D eigenvalue weighted by Crippen LogP contribution is 2.42. The normalized spacial score (nSPS) is 22.3. The van der Waals surface area contributed by atoms with Gasteiger partial charge in [-0.2, -0.15) is 0 Å². The number of aromatic nitrogens is 1. The second-order valence-electron chi connectivity index (χ2n) is 6.83. The third kappa shape index (κ3) is 2.41. The molecule has 1 fully saturated rings. The highest BCUT2D eigenvalue weighted by atomic mass is 16.7. The minimum absolute atomic E-state index is 0.477. The number of rotatable bonds is 3. The number of ether oxygens (including phenoxy) is 1. The van der Waals surface area contributed by atoms with Gasteiger partial charge >= 0.3 is 5.97 Å². The van der Waals surface area contributed by atoms with E-state index in [0.717, 1.165) is 45.5 Å². The number of aliphatic imine (C=N–C) groups is 1. The topological polar surface area (TPSA) is 83.0 Å². The standard InChI is InChI=1S/C19H20N6O2/c1-11-6-14(9-20-13(11)3)23-19-22-8-12(2)18(24-27-19)25(19)15-4-5-17-16(7-15)21-10-26-17/h4-9,21,23-24H,10H2,1-3H3. The van der Waals surface area contributed by atoms with Crippen molar-refractivity contribution >= 4 is 23.3 Å². The lowest BCUT2D eigenvalue weighted by atomic mass is 10.2. The molecular formula is C19H20N6O2. The van der Waals surface area contributed by atoms with E-state index in [1.165, 1.54) is 0 Å². The van der Waals surface area contributed by atoms with Gasteiger partial charge in [0.15, 0.2) is 6.73 Å². The number of pyridine rings is 1. The Bertz CT molecular complexity index is 1000. The van der Waals surface area contributed by atoms with E-state index >= 15 is 0 Å². The molecule has 5 rings (SSSR count). The average molecular weight is 364 g/mol. The summed E-state index contributed by atoms with van der Waals surface area (Å²) in [5.41, 5.74) is 8.78. The summed E-state index contributed by atoms with van der Waals surface area (Å²) in [7, 11) is 0. The van der Waals surface area contributed by atoms with E-state index < -0.39 is 5.97 Å². The molecule has 3 aliphatic heterocycles. The van der Waals surface area contributed by atoms with Crippen molar-refractivity contribution < 1.29 is 9.57 Å². The Kier molecular flexibility index (Phi) is 3.32. The third-order valence-electron chi connectivity index (χ3n) is 4.98. The molecular weight excluding hydrogens is 344 g/mol. The van der Waals surface area contributed by atoms with Gasteiger partial charge in [0.25, 0.3) is 0 Å². The van der Waals surface area contributed by atoms with Gasteiger partial charge in [-0.25, -0.2) is 15.3 Å². The molecule has 0 spiro atoms. The molecule has 27 heavy (non-hydrogen) atoms. The molecule has 1 unspecified atom stereocenters. The molecule has 2 bridgehead atoms. The first-order chi connectivity index (χ1) is 13.1. The van der Waals surface area contributed by atoms with Crippen molar-refractivity contribution in [2.75, 3.05) is 22.3 Å². The van der Waals surface area contributed by atoms with Crippen LogP contribution in [0.3, 0.4) is 0 Å². The average Bonchev–Trinajstić information content (AvgIpc) is 3.23. The van der Waals surface area contributed by atoms with Crippen LogP contribution in [0.2, 0.25) is 0 Å². The van der Waals surface area contributed by atoms with Crippen LogP contribution < -0.4 is 25.8 Å². The second-order valence-corrected chi connectivity index (χ2v) is 6.83. The quantitative estimate of drug-likeness (QED) is 0.772. The highest BCUT2D eigenvalue weighted by molar-refractivity contribution is 5.84.